The van der Waals surface area contributed by atoms with Crippen molar-refractivity contribution in [2.45, 2.75) is 64.3 Å². The van der Waals surface area contributed by atoms with Crippen molar-refractivity contribution < 1.29 is 27.6 Å². The minimum atomic E-state index is -4.81. The normalized spacial score (nSPS) is 21.2. The fourth-order valence-corrected chi connectivity index (χ4v) is 4.81. The molecule has 1 aromatic carbocycles. The van der Waals surface area contributed by atoms with Crippen LogP contribution in [0.15, 0.2) is 54.5 Å². The molecule has 2 fully saturated rings. The van der Waals surface area contributed by atoms with Crippen LogP contribution in [-0.4, -0.2) is 59.0 Å². The first-order valence-electron chi connectivity index (χ1n) is 12.9. The number of nitro groups is 1. The predicted octanol–water partition coefficient (Wildman–Crippen LogP) is 5.88. The Morgan fingerprint density at radius 1 is 1.18 bits per heavy atom. The first-order chi connectivity index (χ1) is 18.0. The van der Waals surface area contributed by atoms with Gasteiger partial charge in [-0.05, 0) is 56.9 Å². The van der Waals surface area contributed by atoms with Gasteiger partial charge in [0.1, 0.15) is 11.3 Å². The largest absolute Gasteiger partial charge is 0.491 e. The zero-order valence-electron chi connectivity index (χ0n) is 21.8. The van der Waals surface area contributed by atoms with Crippen molar-refractivity contribution in [3.8, 4) is 0 Å². The molecule has 1 N–H and O–H groups in total. The molecule has 0 atom stereocenters. The van der Waals surface area contributed by atoms with Gasteiger partial charge in [-0.3, -0.25) is 14.9 Å². The summed E-state index contributed by atoms with van der Waals surface area (Å²) in [5.74, 6) is 0.874. The smallest absolute Gasteiger partial charge is 0.423 e. The van der Waals surface area contributed by atoms with Gasteiger partial charge in [0.15, 0.2) is 0 Å². The molecule has 0 bridgehead atoms. The highest BCUT2D eigenvalue weighted by molar-refractivity contribution is 5.75. The van der Waals surface area contributed by atoms with Crippen LogP contribution in [0.4, 0.5) is 24.5 Å². The van der Waals surface area contributed by atoms with Crippen molar-refractivity contribution in [1.29, 1.82) is 0 Å². The average Bonchev–Trinajstić information content (AvgIpc) is 2.91. The Kier molecular flexibility index (Phi) is 9.82. The summed E-state index contributed by atoms with van der Waals surface area (Å²) in [4.78, 5) is 26.0. The van der Waals surface area contributed by atoms with E-state index in [0.29, 0.717) is 51.0 Å². The van der Waals surface area contributed by atoms with E-state index in [0.717, 1.165) is 30.9 Å². The third kappa shape index (κ3) is 7.52. The molecule has 38 heavy (non-hydrogen) atoms. The van der Waals surface area contributed by atoms with Crippen LogP contribution in [0.1, 0.15) is 51.5 Å². The molecule has 0 aromatic heterocycles. The highest BCUT2D eigenvalue weighted by atomic mass is 19.4. The lowest BCUT2D eigenvalue weighted by Crippen LogP contribution is -2.47. The molecule has 1 saturated carbocycles. The molecular weight excluding hydrogens is 501 g/mol. The predicted molar refractivity (Wildman–Crippen MR) is 139 cm³/mol. The molecule has 11 heteroatoms. The van der Waals surface area contributed by atoms with E-state index < -0.39 is 22.4 Å². The highest BCUT2D eigenvalue weighted by Gasteiger charge is 2.38. The second-order valence-electron chi connectivity index (χ2n) is 9.41. The monoisotopic (exact) mass is 536 g/mol. The summed E-state index contributed by atoms with van der Waals surface area (Å²) in [7, 11) is 0. The minimum absolute atomic E-state index is 0.0387. The summed E-state index contributed by atoms with van der Waals surface area (Å²) in [5.41, 5.74) is -1.08. The molecule has 0 spiro atoms. The summed E-state index contributed by atoms with van der Waals surface area (Å²) in [6.07, 6.45) is 4.06. The van der Waals surface area contributed by atoms with Gasteiger partial charge in [-0.25, -0.2) is 0 Å². The van der Waals surface area contributed by atoms with Gasteiger partial charge in [0.2, 0.25) is 5.91 Å². The number of rotatable bonds is 9. The van der Waals surface area contributed by atoms with E-state index in [-0.39, 0.29) is 23.7 Å². The first-order valence-corrected chi connectivity index (χ1v) is 12.9. The van der Waals surface area contributed by atoms with E-state index in [4.69, 9.17) is 4.74 Å². The number of nitrogens with one attached hydrogen (secondary N) is 1. The summed E-state index contributed by atoms with van der Waals surface area (Å²) < 4.78 is 46.1. The Balaban J connectivity index is 1.55. The Morgan fingerprint density at radius 2 is 1.82 bits per heavy atom. The number of benzene rings is 1. The number of anilines is 1. The summed E-state index contributed by atoms with van der Waals surface area (Å²) in [5, 5.41) is 14.1. The van der Waals surface area contributed by atoms with Crippen molar-refractivity contribution >= 4 is 17.3 Å². The number of halogens is 3. The van der Waals surface area contributed by atoms with E-state index in [1.807, 2.05) is 30.9 Å². The van der Waals surface area contributed by atoms with Crippen LogP contribution in [0.5, 0.6) is 0 Å². The summed E-state index contributed by atoms with van der Waals surface area (Å²) in [6, 6.07) is 2.95. The third-order valence-corrected chi connectivity index (χ3v) is 6.93. The number of hydrogen-bond donors (Lipinski definition) is 1. The van der Waals surface area contributed by atoms with Crippen molar-refractivity contribution in [1.82, 2.24) is 9.80 Å². The van der Waals surface area contributed by atoms with E-state index in [9.17, 15) is 28.1 Å². The van der Waals surface area contributed by atoms with Crippen molar-refractivity contribution in [3.05, 3.63) is 70.1 Å². The number of nitro benzene ring substituents is 1. The second kappa shape index (κ2) is 12.8. The number of allylic oxidation sites excluding steroid dienone is 3. The van der Waals surface area contributed by atoms with Gasteiger partial charge in [-0.15, -0.1) is 0 Å². The standard InChI is InChI=1S/C27H35F3N4O4/c1-4-21(32-13-15-33(16-14-32)26(35)6-3)18-22(5-2)38-23-10-7-19(8-11-23)31-20-9-12-25(34(36)37)24(17-20)27(28,29)30/h4-5,9,12,17-19,23,31H,1,6-8,10-11,13-16H2,2-3H3/b21-18+,22-5+. The van der Waals surface area contributed by atoms with E-state index >= 15 is 0 Å². The van der Waals surface area contributed by atoms with E-state index in [1.165, 1.54) is 6.07 Å². The van der Waals surface area contributed by atoms with Crippen LogP contribution < -0.4 is 5.32 Å². The number of hydrogen-bond acceptors (Lipinski definition) is 6. The van der Waals surface area contributed by atoms with Crippen molar-refractivity contribution in [2.75, 3.05) is 31.5 Å². The summed E-state index contributed by atoms with van der Waals surface area (Å²) >= 11 is 0. The zero-order valence-corrected chi connectivity index (χ0v) is 21.8. The van der Waals surface area contributed by atoms with Crippen molar-refractivity contribution in [2.24, 2.45) is 0 Å². The Bertz CT molecular complexity index is 1070. The maximum atomic E-state index is 13.3. The summed E-state index contributed by atoms with van der Waals surface area (Å²) in [6.45, 7) is 10.5. The molecule has 1 aromatic rings. The zero-order chi connectivity index (χ0) is 27.9. The highest BCUT2D eigenvalue weighted by Crippen LogP contribution is 2.38. The maximum Gasteiger partial charge on any atom is 0.423 e. The molecule has 8 nitrogen and oxygen atoms in total. The second-order valence-corrected chi connectivity index (χ2v) is 9.41. The molecule has 0 radical (unpaired) electrons. The van der Waals surface area contributed by atoms with Crippen LogP contribution in [0, 0.1) is 10.1 Å². The fourth-order valence-electron chi connectivity index (χ4n) is 4.81. The van der Waals surface area contributed by atoms with Crippen LogP contribution >= 0.6 is 0 Å². The van der Waals surface area contributed by atoms with Crippen molar-refractivity contribution in [3.63, 3.8) is 0 Å². The van der Waals surface area contributed by atoms with Crippen LogP contribution in [-0.2, 0) is 15.7 Å². The van der Waals surface area contributed by atoms with Crippen LogP contribution in [0.2, 0.25) is 0 Å². The van der Waals surface area contributed by atoms with Gasteiger partial charge in [0.25, 0.3) is 5.69 Å². The lowest BCUT2D eigenvalue weighted by atomic mass is 9.92. The molecule has 1 aliphatic heterocycles. The number of carbonyl (C=O) groups excluding carboxylic acids is 1. The van der Waals surface area contributed by atoms with Gasteiger partial charge in [-0.2, -0.15) is 13.2 Å². The molecule has 3 rings (SSSR count). The quantitative estimate of drug-likeness (QED) is 0.184. The number of carbonyl (C=O) groups is 1. The molecular formula is C27H35F3N4O4. The first kappa shape index (κ1) is 29.1. The van der Waals surface area contributed by atoms with Crippen LogP contribution in [0.25, 0.3) is 0 Å². The van der Waals surface area contributed by atoms with Gasteiger partial charge < -0.3 is 19.9 Å². The number of nitrogens with zero attached hydrogens (tertiary/aromatic N) is 3. The Labute approximate surface area is 221 Å². The lowest BCUT2D eigenvalue weighted by molar-refractivity contribution is -0.388. The topological polar surface area (TPSA) is 87.9 Å². The maximum absolute atomic E-state index is 13.3. The van der Waals surface area contributed by atoms with Gasteiger partial charge in [0, 0.05) is 62.2 Å². The number of ether oxygens (including phenoxy) is 1. The average molecular weight is 537 g/mol. The molecule has 1 saturated heterocycles. The number of piperazine rings is 1. The Hall–Kier alpha value is -3.50. The van der Waals surface area contributed by atoms with E-state index in [2.05, 4.69) is 16.8 Å². The van der Waals surface area contributed by atoms with Gasteiger partial charge in [0.05, 0.1) is 11.0 Å². The molecule has 1 aliphatic carbocycles. The van der Waals surface area contributed by atoms with Crippen LogP contribution in [0.3, 0.4) is 0 Å². The minimum Gasteiger partial charge on any atom is -0.491 e. The molecule has 0 unspecified atom stereocenters. The third-order valence-electron chi connectivity index (χ3n) is 6.93. The molecule has 1 amide bonds. The lowest BCUT2D eigenvalue weighted by Gasteiger charge is -2.37. The van der Waals surface area contributed by atoms with E-state index in [1.54, 1.807) is 6.08 Å². The number of amides is 1. The SMILES string of the molecule is C=C/C(=C\C(=C/C)OC1CCC(Nc2ccc([N+](=O)[O-])c(C(F)(F)F)c2)CC1)N1CCN(C(=O)CC)CC1. The fraction of sp³-hybridized carbons (Fsp3) is 0.519. The van der Waals surface area contributed by atoms with Gasteiger partial charge in [-0.1, -0.05) is 13.5 Å². The molecule has 2 aliphatic rings. The Morgan fingerprint density at radius 3 is 2.34 bits per heavy atom. The molecule has 208 valence electrons. The number of alkyl halides is 3. The molecule has 1 heterocycles. The van der Waals surface area contributed by atoms with Gasteiger partial charge >= 0.3 is 6.18 Å².